The van der Waals surface area contributed by atoms with Gasteiger partial charge in [0.25, 0.3) is 0 Å². The molecule has 0 aliphatic rings. The fraction of sp³-hybridized carbons (Fsp3) is 0.500. The monoisotopic (exact) mass is 180 g/mol. The molecule has 0 N–H and O–H groups in total. The first-order chi connectivity index (χ1) is 5.91. The summed E-state index contributed by atoms with van der Waals surface area (Å²) in [7, 11) is 0. The van der Waals surface area contributed by atoms with Crippen LogP contribution >= 0.6 is 0 Å². The molecule has 72 valence electrons. The van der Waals surface area contributed by atoms with E-state index < -0.39 is 0 Å². The maximum atomic E-state index is 12.9. The summed E-state index contributed by atoms with van der Waals surface area (Å²) in [6.45, 7) is 8.64. The lowest BCUT2D eigenvalue weighted by Gasteiger charge is -2.27. The maximum absolute atomic E-state index is 12.9. The quantitative estimate of drug-likeness (QED) is 0.613. The number of benzene rings is 1. The summed E-state index contributed by atoms with van der Waals surface area (Å²) in [6.07, 6.45) is 0. The average Bonchev–Trinajstić information content (AvgIpc) is 2.01. The van der Waals surface area contributed by atoms with Crippen LogP contribution in [-0.2, 0) is 0 Å². The molecule has 1 atom stereocenters. The zero-order chi connectivity index (χ0) is 10.1. The lowest BCUT2D eigenvalue weighted by Crippen LogP contribution is -2.15. The highest BCUT2D eigenvalue weighted by Crippen LogP contribution is 2.34. The van der Waals surface area contributed by atoms with E-state index in [1.807, 2.05) is 6.07 Å². The summed E-state index contributed by atoms with van der Waals surface area (Å²) >= 11 is 0. The van der Waals surface area contributed by atoms with Gasteiger partial charge in [-0.05, 0) is 29.0 Å². The maximum Gasteiger partial charge on any atom is 0.123 e. The van der Waals surface area contributed by atoms with Crippen molar-refractivity contribution in [3.05, 3.63) is 35.6 Å². The van der Waals surface area contributed by atoms with Crippen LogP contribution in [0.3, 0.4) is 0 Å². The van der Waals surface area contributed by atoms with Gasteiger partial charge >= 0.3 is 0 Å². The van der Waals surface area contributed by atoms with Crippen LogP contribution in [0.1, 0.15) is 39.2 Å². The molecule has 0 aliphatic carbocycles. The normalized spacial score (nSPS) is 14.2. The molecule has 0 fully saturated rings. The smallest absolute Gasteiger partial charge is 0.123 e. The summed E-state index contributed by atoms with van der Waals surface area (Å²) in [4.78, 5) is 0. The minimum atomic E-state index is -0.145. The van der Waals surface area contributed by atoms with E-state index in [4.69, 9.17) is 0 Å². The molecule has 1 rings (SSSR count). The Hall–Kier alpha value is -0.850. The molecule has 0 aromatic heterocycles. The molecule has 0 saturated carbocycles. The highest BCUT2D eigenvalue weighted by Gasteiger charge is 2.21. The Labute approximate surface area is 79.8 Å². The third-order valence-corrected chi connectivity index (χ3v) is 2.65. The Bertz CT molecular complexity index is 283. The van der Waals surface area contributed by atoms with Gasteiger partial charge in [0.1, 0.15) is 5.82 Å². The fourth-order valence-corrected chi connectivity index (χ4v) is 1.28. The largest absolute Gasteiger partial charge is 0.207 e. The number of hydrogen-bond acceptors (Lipinski definition) is 0. The topological polar surface area (TPSA) is 0 Å². The van der Waals surface area contributed by atoms with E-state index in [2.05, 4.69) is 27.7 Å². The van der Waals surface area contributed by atoms with Crippen molar-refractivity contribution >= 4 is 0 Å². The van der Waals surface area contributed by atoms with Crippen molar-refractivity contribution < 1.29 is 4.39 Å². The standard InChI is InChI=1S/C12H17F/c1-9(12(2,3)4)10-6-5-7-11(13)8-10/h5-9H,1-4H3/t9-/m1/s1. The lowest BCUT2D eigenvalue weighted by atomic mass is 9.78. The van der Waals surface area contributed by atoms with Gasteiger partial charge in [-0.3, -0.25) is 0 Å². The van der Waals surface area contributed by atoms with Gasteiger partial charge in [0.2, 0.25) is 0 Å². The zero-order valence-electron chi connectivity index (χ0n) is 8.76. The Morgan fingerprint density at radius 2 is 1.85 bits per heavy atom. The number of hydrogen-bond donors (Lipinski definition) is 0. The van der Waals surface area contributed by atoms with Crippen LogP contribution in [0.5, 0.6) is 0 Å². The van der Waals surface area contributed by atoms with E-state index in [1.165, 1.54) is 6.07 Å². The lowest BCUT2D eigenvalue weighted by molar-refractivity contribution is 0.339. The van der Waals surface area contributed by atoms with E-state index in [0.29, 0.717) is 5.92 Å². The van der Waals surface area contributed by atoms with Crippen LogP contribution in [0, 0.1) is 11.2 Å². The molecule has 0 saturated heterocycles. The van der Waals surface area contributed by atoms with Crippen molar-refractivity contribution in [1.29, 1.82) is 0 Å². The summed E-state index contributed by atoms with van der Waals surface area (Å²) < 4.78 is 12.9. The predicted octanol–water partition coefficient (Wildman–Crippen LogP) is 3.98. The van der Waals surface area contributed by atoms with Gasteiger partial charge in [-0.25, -0.2) is 4.39 Å². The molecule has 0 bridgehead atoms. The van der Waals surface area contributed by atoms with Crippen LogP contribution in [0.15, 0.2) is 24.3 Å². The number of halogens is 1. The summed E-state index contributed by atoms with van der Waals surface area (Å²) in [5, 5.41) is 0. The van der Waals surface area contributed by atoms with Crippen molar-refractivity contribution in [2.75, 3.05) is 0 Å². The van der Waals surface area contributed by atoms with Crippen LogP contribution in [0.4, 0.5) is 4.39 Å². The van der Waals surface area contributed by atoms with Crippen molar-refractivity contribution in [3.8, 4) is 0 Å². The Morgan fingerprint density at radius 1 is 1.23 bits per heavy atom. The van der Waals surface area contributed by atoms with Crippen molar-refractivity contribution in [3.63, 3.8) is 0 Å². The van der Waals surface area contributed by atoms with Gasteiger partial charge in [0, 0.05) is 0 Å². The highest BCUT2D eigenvalue weighted by atomic mass is 19.1. The van der Waals surface area contributed by atoms with Crippen molar-refractivity contribution in [1.82, 2.24) is 0 Å². The molecule has 0 radical (unpaired) electrons. The second-order valence-electron chi connectivity index (χ2n) is 4.64. The molecule has 0 unspecified atom stereocenters. The van der Waals surface area contributed by atoms with E-state index in [0.717, 1.165) is 5.56 Å². The Morgan fingerprint density at radius 3 is 2.31 bits per heavy atom. The minimum Gasteiger partial charge on any atom is -0.207 e. The molecule has 0 aliphatic heterocycles. The van der Waals surface area contributed by atoms with Crippen molar-refractivity contribution in [2.45, 2.75) is 33.6 Å². The molecule has 0 heterocycles. The van der Waals surface area contributed by atoms with Gasteiger partial charge in [0.15, 0.2) is 0 Å². The SMILES string of the molecule is C[C@H](c1cccc(F)c1)C(C)(C)C. The van der Waals surface area contributed by atoms with Gasteiger partial charge < -0.3 is 0 Å². The first kappa shape index (κ1) is 10.2. The fourth-order valence-electron chi connectivity index (χ4n) is 1.28. The molecule has 0 amide bonds. The average molecular weight is 180 g/mol. The summed E-state index contributed by atoms with van der Waals surface area (Å²) in [6, 6.07) is 6.86. The molecule has 13 heavy (non-hydrogen) atoms. The second-order valence-corrected chi connectivity index (χ2v) is 4.64. The van der Waals surface area contributed by atoms with Gasteiger partial charge in [-0.2, -0.15) is 0 Å². The molecular weight excluding hydrogens is 163 g/mol. The molecular formula is C12H17F. The van der Waals surface area contributed by atoms with Gasteiger partial charge in [-0.15, -0.1) is 0 Å². The van der Waals surface area contributed by atoms with E-state index in [-0.39, 0.29) is 11.2 Å². The van der Waals surface area contributed by atoms with Gasteiger partial charge in [0.05, 0.1) is 0 Å². The molecule has 1 heteroatoms. The summed E-state index contributed by atoms with van der Waals surface area (Å²) in [5.41, 5.74) is 1.26. The van der Waals surface area contributed by atoms with Crippen LogP contribution in [-0.4, -0.2) is 0 Å². The second kappa shape index (κ2) is 3.49. The molecule has 1 aromatic carbocycles. The van der Waals surface area contributed by atoms with Crippen LogP contribution in [0.2, 0.25) is 0 Å². The van der Waals surface area contributed by atoms with Crippen LogP contribution in [0.25, 0.3) is 0 Å². The number of rotatable bonds is 1. The van der Waals surface area contributed by atoms with E-state index in [1.54, 1.807) is 12.1 Å². The predicted molar refractivity (Wildman–Crippen MR) is 54.3 cm³/mol. The molecule has 1 aromatic rings. The molecule has 0 nitrogen and oxygen atoms in total. The van der Waals surface area contributed by atoms with Crippen LogP contribution < -0.4 is 0 Å². The first-order valence-electron chi connectivity index (χ1n) is 4.67. The highest BCUT2D eigenvalue weighted by molar-refractivity contribution is 5.21. The minimum absolute atomic E-state index is 0.145. The van der Waals surface area contributed by atoms with E-state index in [9.17, 15) is 4.39 Å². The Kier molecular flexibility index (Phi) is 2.74. The molecule has 0 spiro atoms. The zero-order valence-corrected chi connectivity index (χ0v) is 8.76. The Balaban J connectivity index is 2.96. The third-order valence-electron chi connectivity index (χ3n) is 2.65. The van der Waals surface area contributed by atoms with Gasteiger partial charge in [-0.1, -0.05) is 39.8 Å². The summed E-state index contributed by atoms with van der Waals surface area (Å²) in [5.74, 6) is 0.233. The third kappa shape index (κ3) is 2.55. The van der Waals surface area contributed by atoms with E-state index >= 15 is 0 Å². The first-order valence-corrected chi connectivity index (χ1v) is 4.67. The van der Waals surface area contributed by atoms with Crippen molar-refractivity contribution in [2.24, 2.45) is 5.41 Å².